The lowest BCUT2D eigenvalue weighted by atomic mass is 10.2. The standard InChI is InChI=1S/C21H22N6/c1-5-7-15-8-6-9-26-14(4)18(23-21(15)26)16-10-17(16)19-24-20-13(3)22-11-12(2)27(20)25-19/h5-9,11,16-17H,10H2,1-4H3/b7-5-. The van der Waals surface area contributed by atoms with Crippen molar-refractivity contribution >= 4 is 17.4 Å². The van der Waals surface area contributed by atoms with Gasteiger partial charge in [-0.25, -0.2) is 14.5 Å². The van der Waals surface area contributed by atoms with Crippen LogP contribution in [0.15, 0.2) is 30.6 Å². The van der Waals surface area contributed by atoms with Gasteiger partial charge in [-0.3, -0.25) is 4.98 Å². The summed E-state index contributed by atoms with van der Waals surface area (Å²) >= 11 is 0. The summed E-state index contributed by atoms with van der Waals surface area (Å²) in [4.78, 5) is 14.2. The van der Waals surface area contributed by atoms with Crippen LogP contribution < -0.4 is 0 Å². The van der Waals surface area contributed by atoms with E-state index in [-0.39, 0.29) is 0 Å². The lowest BCUT2D eigenvalue weighted by molar-refractivity contribution is 0.827. The van der Waals surface area contributed by atoms with Gasteiger partial charge in [0, 0.05) is 35.5 Å². The lowest BCUT2D eigenvalue weighted by Gasteiger charge is -1.99. The predicted octanol–water partition coefficient (Wildman–Crippen LogP) is 4.00. The number of hydrogen-bond donors (Lipinski definition) is 0. The largest absolute Gasteiger partial charge is 0.304 e. The molecule has 0 amide bonds. The second-order valence-corrected chi connectivity index (χ2v) is 7.38. The van der Waals surface area contributed by atoms with Gasteiger partial charge in [-0.2, -0.15) is 5.10 Å². The van der Waals surface area contributed by atoms with E-state index in [1.165, 1.54) is 11.4 Å². The summed E-state index contributed by atoms with van der Waals surface area (Å²) in [6, 6.07) is 4.19. The second-order valence-electron chi connectivity index (χ2n) is 7.38. The van der Waals surface area contributed by atoms with Gasteiger partial charge in [0.05, 0.1) is 17.1 Å². The maximum atomic E-state index is 4.99. The van der Waals surface area contributed by atoms with Crippen LogP contribution in [0.5, 0.6) is 0 Å². The summed E-state index contributed by atoms with van der Waals surface area (Å²) < 4.78 is 4.10. The summed E-state index contributed by atoms with van der Waals surface area (Å²) in [6.45, 7) is 8.18. The van der Waals surface area contributed by atoms with Gasteiger partial charge in [0.15, 0.2) is 11.5 Å². The van der Waals surface area contributed by atoms with Gasteiger partial charge in [-0.05, 0) is 46.2 Å². The van der Waals surface area contributed by atoms with E-state index < -0.39 is 0 Å². The van der Waals surface area contributed by atoms with Crippen molar-refractivity contribution in [1.29, 1.82) is 0 Å². The Labute approximate surface area is 157 Å². The average Bonchev–Trinajstić information content (AvgIpc) is 3.18. The number of allylic oxidation sites excluding steroid dienone is 1. The number of nitrogens with zero attached hydrogens (tertiary/aromatic N) is 6. The Morgan fingerprint density at radius 1 is 1.11 bits per heavy atom. The van der Waals surface area contributed by atoms with E-state index in [1.807, 2.05) is 31.5 Å². The molecule has 2 unspecified atom stereocenters. The highest BCUT2D eigenvalue weighted by molar-refractivity contribution is 5.66. The molecule has 0 radical (unpaired) electrons. The zero-order valence-corrected chi connectivity index (χ0v) is 16.0. The molecule has 0 saturated heterocycles. The average molecular weight is 358 g/mol. The van der Waals surface area contributed by atoms with E-state index in [2.05, 4.69) is 46.8 Å². The molecule has 0 N–H and O–H groups in total. The molecule has 0 aliphatic heterocycles. The Morgan fingerprint density at radius 3 is 2.74 bits per heavy atom. The molecule has 0 aromatic carbocycles. The van der Waals surface area contributed by atoms with E-state index >= 15 is 0 Å². The first kappa shape index (κ1) is 16.2. The molecule has 6 heteroatoms. The molecule has 136 valence electrons. The van der Waals surface area contributed by atoms with Crippen LogP contribution in [-0.2, 0) is 0 Å². The van der Waals surface area contributed by atoms with Gasteiger partial charge in [-0.15, -0.1) is 0 Å². The molecule has 27 heavy (non-hydrogen) atoms. The molecule has 1 saturated carbocycles. The molecule has 1 aliphatic rings. The van der Waals surface area contributed by atoms with Crippen molar-refractivity contribution in [3.8, 4) is 0 Å². The second kappa shape index (κ2) is 5.74. The highest BCUT2D eigenvalue weighted by Crippen LogP contribution is 2.54. The van der Waals surface area contributed by atoms with Gasteiger partial charge in [-0.1, -0.05) is 12.2 Å². The molecule has 5 rings (SSSR count). The smallest absolute Gasteiger partial charge is 0.177 e. The molecule has 1 fully saturated rings. The highest BCUT2D eigenvalue weighted by atomic mass is 15.3. The number of aromatic nitrogens is 6. The van der Waals surface area contributed by atoms with Crippen molar-refractivity contribution in [1.82, 2.24) is 29.0 Å². The maximum absolute atomic E-state index is 4.99. The number of aryl methyl sites for hydroxylation is 3. The number of hydrogen-bond acceptors (Lipinski definition) is 4. The predicted molar refractivity (Wildman–Crippen MR) is 105 cm³/mol. The third-order valence-electron chi connectivity index (χ3n) is 5.50. The van der Waals surface area contributed by atoms with Crippen LogP contribution in [0.25, 0.3) is 17.4 Å². The molecule has 4 aromatic heterocycles. The fourth-order valence-corrected chi connectivity index (χ4v) is 3.94. The van der Waals surface area contributed by atoms with E-state index in [4.69, 9.17) is 15.1 Å². The Balaban J connectivity index is 1.55. The minimum absolute atomic E-state index is 0.331. The minimum atomic E-state index is 0.331. The van der Waals surface area contributed by atoms with Crippen LogP contribution in [0.1, 0.15) is 59.3 Å². The summed E-state index contributed by atoms with van der Waals surface area (Å²) in [5, 5.41) is 4.76. The molecular weight excluding hydrogens is 336 g/mol. The molecule has 0 spiro atoms. The molecule has 4 aromatic rings. The normalized spacial score (nSPS) is 19.6. The first-order valence-electron chi connectivity index (χ1n) is 9.37. The van der Waals surface area contributed by atoms with Crippen molar-refractivity contribution in [3.05, 3.63) is 64.8 Å². The van der Waals surface area contributed by atoms with E-state index in [0.29, 0.717) is 11.8 Å². The molecular formula is C21H22N6. The zero-order chi connectivity index (χ0) is 18.7. The van der Waals surface area contributed by atoms with Crippen LogP contribution in [0, 0.1) is 20.8 Å². The van der Waals surface area contributed by atoms with Crippen molar-refractivity contribution in [2.24, 2.45) is 0 Å². The highest BCUT2D eigenvalue weighted by Gasteiger charge is 2.45. The number of imidazole rings is 1. The number of fused-ring (bicyclic) bond motifs is 2. The summed E-state index contributed by atoms with van der Waals surface area (Å²) in [7, 11) is 0. The van der Waals surface area contributed by atoms with Crippen LogP contribution in [0.3, 0.4) is 0 Å². The third-order valence-corrected chi connectivity index (χ3v) is 5.50. The molecule has 1 aliphatic carbocycles. The number of rotatable bonds is 3. The summed E-state index contributed by atoms with van der Waals surface area (Å²) in [6.07, 6.45) is 9.15. The van der Waals surface area contributed by atoms with Gasteiger partial charge in [0.25, 0.3) is 0 Å². The molecule has 0 bridgehead atoms. The molecule has 2 atom stereocenters. The number of pyridine rings is 1. The Kier molecular flexibility index (Phi) is 3.44. The molecule has 6 nitrogen and oxygen atoms in total. The maximum Gasteiger partial charge on any atom is 0.177 e. The Bertz CT molecular complexity index is 1170. The lowest BCUT2D eigenvalue weighted by Crippen LogP contribution is -1.97. The van der Waals surface area contributed by atoms with Crippen molar-refractivity contribution < 1.29 is 0 Å². The van der Waals surface area contributed by atoms with Crippen molar-refractivity contribution in [2.75, 3.05) is 0 Å². The van der Waals surface area contributed by atoms with Crippen LogP contribution in [-0.4, -0.2) is 29.0 Å². The zero-order valence-electron chi connectivity index (χ0n) is 16.0. The van der Waals surface area contributed by atoms with E-state index in [9.17, 15) is 0 Å². The van der Waals surface area contributed by atoms with E-state index in [0.717, 1.165) is 40.5 Å². The van der Waals surface area contributed by atoms with Gasteiger partial charge in [0.1, 0.15) is 5.65 Å². The third kappa shape index (κ3) is 2.40. The van der Waals surface area contributed by atoms with Crippen LogP contribution in [0.4, 0.5) is 0 Å². The fraction of sp³-hybridized carbons (Fsp3) is 0.333. The molecule has 4 heterocycles. The quantitative estimate of drug-likeness (QED) is 0.555. The van der Waals surface area contributed by atoms with E-state index in [1.54, 1.807) is 0 Å². The summed E-state index contributed by atoms with van der Waals surface area (Å²) in [5.41, 5.74) is 7.33. The summed E-state index contributed by atoms with van der Waals surface area (Å²) in [5.74, 6) is 1.62. The van der Waals surface area contributed by atoms with Crippen LogP contribution in [0.2, 0.25) is 0 Å². The monoisotopic (exact) mass is 358 g/mol. The minimum Gasteiger partial charge on any atom is -0.304 e. The van der Waals surface area contributed by atoms with Crippen molar-refractivity contribution in [2.45, 2.75) is 46.0 Å². The van der Waals surface area contributed by atoms with Gasteiger partial charge < -0.3 is 4.40 Å². The first-order chi connectivity index (χ1) is 13.1. The topological polar surface area (TPSA) is 60.4 Å². The Morgan fingerprint density at radius 2 is 1.96 bits per heavy atom. The first-order valence-corrected chi connectivity index (χ1v) is 9.37. The van der Waals surface area contributed by atoms with Crippen LogP contribution >= 0.6 is 0 Å². The van der Waals surface area contributed by atoms with Crippen molar-refractivity contribution in [3.63, 3.8) is 0 Å². The van der Waals surface area contributed by atoms with Gasteiger partial charge in [0.2, 0.25) is 0 Å². The Hall–Kier alpha value is -3.02. The SMILES string of the molecule is C/C=C\c1cccn2c(C)c(C3CC3c3nc4c(C)ncc(C)n4n3)nc12. The fourth-order valence-electron chi connectivity index (χ4n) is 3.94. The van der Waals surface area contributed by atoms with Gasteiger partial charge >= 0.3 is 0 Å².